The lowest BCUT2D eigenvalue weighted by Gasteiger charge is -2.17. The molecule has 1 aromatic rings. The first-order chi connectivity index (χ1) is 8.49. The van der Waals surface area contributed by atoms with Crippen LogP contribution in [0.3, 0.4) is 0 Å². The van der Waals surface area contributed by atoms with E-state index in [1.807, 2.05) is 6.92 Å². The van der Waals surface area contributed by atoms with Crippen LogP contribution in [0.4, 0.5) is 5.69 Å². The lowest BCUT2D eigenvalue weighted by molar-refractivity contribution is 0.0593. The lowest BCUT2D eigenvalue weighted by atomic mass is 10.1. The summed E-state index contributed by atoms with van der Waals surface area (Å²) in [4.78, 5) is 11.7. The number of methoxy groups -OCH3 is 1. The van der Waals surface area contributed by atoms with Crippen molar-refractivity contribution in [2.75, 3.05) is 12.8 Å². The Kier molecular flexibility index (Phi) is 5.28. The quantitative estimate of drug-likeness (QED) is 0.659. The molecule has 1 aromatic carbocycles. The zero-order valence-electron chi connectivity index (χ0n) is 10.8. The van der Waals surface area contributed by atoms with Crippen LogP contribution in [0.15, 0.2) is 12.1 Å². The summed E-state index contributed by atoms with van der Waals surface area (Å²) in [7, 11) is 1.30. The number of carbonyl (C=O) groups is 1. The number of esters is 1. The first-order valence-electron chi connectivity index (χ1n) is 5.83. The second-order valence-electron chi connectivity index (χ2n) is 4.09. The molecule has 1 unspecified atom stereocenters. The van der Waals surface area contributed by atoms with Crippen LogP contribution in [0.2, 0.25) is 5.02 Å². The van der Waals surface area contributed by atoms with E-state index in [1.165, 1.54) is 13.2 Å². The third-order valence-electron chi connectivity index (χ3n) is 2.49. The smallest absolute Gasteiger partial charge is 0.341 e. The fraction of sp³-hybridized carbons (Fsp3) is 0.462. The Bertz CT molecular complexity index is 434. The van der Waals surface area contributed by atoms with Crippen LogP contribution in [0.25, 0.3) is 0 Å². The summed E-state index contributed by atoms with van der Waals surface area (Å²) in [6, 6.07) is 3.06. The van der Waals surface area contributed by atoms with Crippen LogP contribution >= 0.6 is 11.6 Å². The average molecular weight is 272 g/mol. The van der Waals surface area contributed by atoms with Crippen LogP contribution in [0.5, 0.6) is 5.75 Å². The van der Waals surface area contributed by atoms with Crippen molar-refractivity contribution >= 4 is 23.3 Å². The summed E-state index contributed by atoms with van der Waals surface area (Å²) in [5.41, 5.74) is 6.32. The largest absolute Gasteiger partial charge is 0.488 e. The van der Waals surface area contributed by atoms with Crippen molar-refractivity contribution in [1.82, 2.24) is 0 Å². The standard InChI is InChI=1S/C13H18ClNO3/c1-4-5-8(2)18-12-10(13(16)17-3)6-9(15)7-11(12)14/h6-8H,4-5,15H2,1-3H3. The number of anilines is 1. The highest BCUT2D eigenvalue weighted by Crippen LogP contribution is 2.33. The van der Waals surface area contributed by atoms with Crippen molar-refractivity contribution in [3.63, 3.8) is 0 Å². The molecular formula is C13H18ClNO3. The highest BCUT2D eigenvalue weighted by Gasteiger charge is 2.19. The predicted molar refractivity (Wildman–Crippen MR) is 72.2 cm³/mol. The molecule has 0 fully saturated rings. The van der Waals surface area contributed by atoms with Gasteiger partial charge in [0.2, 0.25) is 0 Å². The molecule has 18 heavy (non-hydrogen) atoms. The second kappa shape index (κ2) is 6.50. The fourth-order valence-electron chi connectivity index (χ4n) is 1.66. The van der Waals surface area contributed by atoms with Gasteiger partial charge in [-0.2, -0.15) is 0 Å². The molecule has 5 heteroatoms. The SMILES string of the molecule is CCCC(C)Oc1c(Cl)cc(N)cc1C(=O)OC. The Balaban J connectivity index is 3.11. The van der Waals surface area contributed by atoms with Crippen molar-refractivity contribution in [1.29, 1.82) is 0 Å². The van der Waals surface area contributed by atoms with Crippen molar-refractivity contribution in [2.24, 2.45) is 0 Å². The zero-order valence-corrected chi connectivity index (χ0v) is 11.6. The molecule has 0 saturated heterocycles. The molecule has 0 aliphatic heterocycles. The van der Waals surface area contributed by atoms with Gasteiger partial charge >= 0.3 is 5.97 Å². The number of nitrogen functional groups attached to an aromatic ring is 1. The van der Waals surface area contributed by atoms with Crippen LogP contribution in [-0.4, -0.2) is 19.2 Å². The highest BCUT2D eigenvalue weighted by molar-refractivity contribution is 6.33. The molecular weight excluding hydrogens is 254 g/mol. The maximum atomic E-state index is 11.7. The molecule has 0 heterocycles. The van der Waals surface area contributed by atoms with Gasteiger partial charge < -0.3 is 15.2 Å². The van der Waals surface area contributed by atoms with Crippen molar-refractivity contribution in [3.05, 3.63) is 22.7 Å². The highest BCUT2D eigenvalue weighted by atomic mass is 35.5. The third-order valence-corrected chi connectivity index (χ3v) is 2.77. The summed E-state index contributed by atoms with van der Waals surface area (Å²) in [5.74, 6) is -0.179. The first kappa shape index (κ1) is 14.6. The third kappa shape index (κ3) is 3.53. The number of ether oxygens (including phenoxy) is 2. The minimum Gasteiger partial charge on any atom is -0.488 e. The Morgan fingerprint density at radius 2 is 2.17 bits per heavy atom. The van der Waals surface area contributed by atoms with Gasteiger partial charge in [0.1, 0.15) is 5.56 Å². The molecule has 0 bridgehead atoms. The van der Waals surface area contributed by atoms with Gasteiger partial charge in [0.25, 0.3) is 0 Å². The minimum absolute atomic E-state index is 0.0282. The summed E-state index contributed by atoms with van der Waals surface area (Å²) in [6.45, 7) is 3.99. The van der Waals surface area contributed by atoms with Gasteiger partial charge in [-0.15, -0.1) is 0 Å². The van der Waals surface area contributed by atoms with E-state index in [0.29, 0.717) is 16.5 Å². The molecule has 0 saturated carbocycles. The van der Waals surface area contributed by atoms with E-state index < -0.39 is 5.97 Å². The van der Waals surface area contributed by atoms with Gasteiger partial charge in [0.15, 0.2) is 5.75 Å². The van der Waals surface area contributed by atoms with Crippen LogP contribution in [0, 0.1) is 0 Å². The number of rotatable bonds is 5. The molecule has 100 valence electrons. The van der Waals surface area contributed by atoms with Gasteiger partial charge in [-0.25, -0.2) is 4.79 Å². The summed E-state index contributed by atoms with van der Waals surface area (Å²) >= 11 is 6.07. The van der Waals surface area contributed by atoms with Crippen molar-refractivity contribution < 1.29 is 14.3 Å². The van der Waals surface area contributed by atoms with Gasteiger partial charge in [0.05, 0.1) is 18.2 Å². The van der Waals surface area contributed by atoms with E-state index in [-0.39, 0.29) is 11.7 Å². The van der Waals surface area contributed by atoms with E-state index in [4.69, 9.17) is 26.8 Å². The van der Waals surface area contributed by atoms with E-state index >= 15 is 0 Å². The fourth-order valence-corrected chi connectivity index (χ4v) is 1.93. The maximum absolute atomic E-state index is 11.7. The number of hydrogen-bond acceptors (Lipinski definition) is 4. The monoisotopic (exact) mass is 271 g/mol. The van der Waals surface area contributed by atoms with E-state index in [0.717, 1.165) is 12.8 Å². The number of hydrogen-bond donors (Lipinski definition) is 1. The lowest BCUT2D eigenvalue weighted by Crippen LogP contribution is -2.15. The Labute approximate surface area is 112 Å². The number of nitrogens with two attached hydrogens (primary N) is 1. The summed E-state index contributed by atoms with van der Waals surface area (Å²) in [6.07, 6.45) is 1.84. The van der Waals surface area contributed by atoms with Crippen LogP contribution < -0.4 is 10.5 Å². The Morgan fingerprint density at radius 3 is 2.72 bits per heavy atom. The molecule has 2 N–H and O–H groups in total. The van der Waals surface area contributed by atoms with Gasteiger partial charge in [-0.3, -0.25) is 0 Å². The zero-order chi connectivity index (χ0) is 13.7. The van der Waals surface area contributed by atoms with Crippen molar-refractivity contribution in [2.45, 2.75) is 32.8 Å². The molecule has 1 rings (SSSR count). The topological polar surface area (TPSA) is 61.5 Å². The van der Waals surface area contributed by atoms with Crippen LogP contribution in [0.1, 0.15) is 37.0 Å². The molecule has 0 spiro atoms. The molecule has 0 amide bonds. The summed E-state index contributed by atoms with van der Waals surface area (Å²) in [5, 5.41) is 0.318. The average Bonchev–Trinajstić information content (AvgIpc) is 2.31. The summed E-state index contributed by atoms with van der Waals surface area (Å²) < 4.78 is 10.4. The van der Waals surface area contributed by atoms with Crippen LogP contribution in [-0.2, 0) is 4.74 Å². The molecule has 0 aliphatic carbocycles. The van der Waals surface area contributed by atoms with Crippen molar-refractivity contribution in [3.8, 4) is 5.75 Å². The first-order valence-corrected chi connectivity index (χ1v) is 6.21. The number of carbonyl (C=O) groups excluding carboxylic acids is 1. The molecule has 0 radical (unpaired) electrons. The molecule has 4 nitrogen and oxygen atoms in total. The Morgan fingerprint density at radius 1 is 1.50 bits per heavy atom. The van der Waals surface area contributed by atoms with Gasteiger partial charge in [-0.05, 0) is 25.5 Å². The van der Waals surface area contributed by atoms with Gasteiger partial charge in [-0.1, -0.05) is 24.9 Å². The predicted octanol–water partition coefficient (Wildman–Crippen LogP) is 3.28. The number of halogens is 1. The second-order valence-corrected chi connectivity index (χ2v) is 4.50. The molecule has 0 aromatic heterocycles. The maximum Gasteiger partial charge on any atom is 0.341 e. The minimum atomic E-state index is -0.511. The Hall–Kier alpha value is -1.42. The molecule has 0 aliphatic rings. The van der Waals surface area contributed by atoms with E-state index in [2.05, 4.69) is 6.92 Å². The number of benzene rings is 1. The van der Waals surface area contributed by atoms with E-state index in [9.17, 15) is 4.79 Å². The van der Waals surface area contributed by atoms with E-state index in [1.54, 1.807) is 6.07 Å². The van der Waals surface area contributed by atoms with Gasteiger partial charge in [0, 0.05) is 5.69 Å². The molecule has 1 atom stereocenters. The normalized spacial score (nSPS) is 12.0.